The number of nitrogens with zero attached hydrogens (tertiary/aromatic N) is 1. The number of rotatable bonds is 18. The Labute approximate surface area is 368 Å². The first kappa shape index (κ1) is 47.5. The van der Waals surface area contributed by atoms with Crippen LogP contribution in [-0.4, -0.2) is 65.2 Å². The van der Waals surface area contributed by atoms with E-state index in [2.05, 4.69) is 56.3 Å². The van der Waals surface area contributed by atoms with Crippen molar-refractivity contribution in [1.29, 1.82) is 0 Å². The molecular formula is C49H74N4O9. The maximum Gasteiger partial charge on any atom is 0.330 e. The smallest absolute Gasteiger partial charge is 0.330 e. The monoisotopic (exact) mass is 863 g/mol. The van der Waals surface area contributed by atoms with Gasteiger partial charge < -0.3 is 24.8 Å². The first-order chi connectivity index (χ1) is 29.6. The van der Waals surface area contributed by atoms with Crippen LogP contribution in [0, 0.1) is 46.3 Å². The highest BCUT2D eigenvalue weighted by molar-refractivity contribution is 5.91. The van der Waals surface area contributed by atoms with Gasteiger partial charge in [-0.1, -0.05) is 72.5 Å². The molecule has 3 saturated carbocycles. The summed E-state index contributed by atoms with van der Waals surface area (Å²) < 4.78 is 18.8. The van der Waals surface area contributed by atoms with Gasteiger partial charge in [-0.2, -0.15) is 0 Å². The summed E-state index contributed by atoms with van der Waals surface area (Å²) >= 11 is 0. The molecule has 1 aromatic rings. The van der Waals surface area contributed by atoms with Crippen molar-refractivity contribution in [3.63, 3.8) is 0 Å². The number of H-pyrrole nitrogens is 1. The lowest BCUT2D eigenvalue weighted by molar-refractivity contribution is -0.153. The Balaban J connectivity index is 0.938. The molecule has 13 nitrogen and oxygen atoms in total. The number of carbonyl (C=O) groups is 4. The minimum Gasteiger partial charge on any atom is -0.462 e. The van der Waals surface area contributed by atoms with Gasteiger partial charge >= 0.3 is 17.6 Å². The van der Waals surface area contributed by atoms with E-state index in [1.54, 1.807) is 0 Å². The molecule has 3 N–H and O–H groups in total. The molecule has 1 aliphatic heterocycles. The van der Waals surface area contributed by atoms with Gasteiger partial charge in [-0.05, 0) is 110 Å². The number of allylic oxidation sites excluding steroid dienone is 1. The summed E-state index contributed by atoms with van der Waals surface area (Å²) in [4.78, 5) is 77.2. The van der Waals surface area contributed by atoms with Gasteiger partial charge in [0, 0.05) is 51.5 Å². The molecule has 4 aliphatic carbocycles. The molecule has 0 bridgehead atoms. The molecule has 0 aromatic carbocycles. The molecule has 2 amide bonds. The average molecular weight is 863 g/mol. The number of aromatic nitrogens is 2. The SMILES string of the molecule is CC[C@H]1O[C@@H](n2cc(/C=C/C(=O)NCCCC(=O)O[C@H]3CC[C@@]4(C)C(=CCC5C4CC[C@@]4(C)C5CC[C@@H]4C(C)CCCC(C)C)C3)c(=O)[nH]c2=O)CC1OC(=O)CCC(=O)NC. The minimum atomic E-state index is -0.821. The van der Waals surface area contributed by atoms with Gasteiger partial charge in [0.2, 0.25) is 11.8 Å². The van der Waals surface area contributed by atoms with Crippen molar-refractivity contribution in [2.75, 3.05) is 13.6 Å². The number of hydrogen-bond acceptors (Lipinski definition) is 9. The molecule has 6 rings (SSSR count). The lowest BCUT2D eigenvalue weighted by atomic mass is 9.47. The lowest BCUT2D eigenvalue weighted by Crippen LogP contribution is -2.51. The number of aromatic amines is 1. The zero-order chi connectivity index (χ0) is 44.8. The Bertz CT molecular complexity index is 1950. The van der Waals surface area contributed by atoms with E-state index in [4.69, 9.17) is 14.2 Å². The molecule has 2 heterocycles. The van der Waals surface area contributed by atoms with Crippen LogP contribution in [-0.2, 0) is 33.4 Å². The van der Waals surface area contributed by atoms with Gasteiger partial charge in [0.15, 0.2) is 0 Å². The maximum absolute atomic E-state index is 13.0. The Morgan fingerprint density at radius 3 is 2.48 bits per heavy atom. The van der Waals surface area contributed by atoms with E-state index in [1.165, 1.54) is 80.5 Å². The molecule has 344 valence electrons. The second-order valence-corrected chi connectivity index (χ2v) is 20.1. The van der Waals surface area contributed by atoms with E-state index in [-0.39, 0.29) is 61.2 Å². The lowest BCUT2D eigenvalue weighted by Gasteiger charge is -2.58. The predicted octanol–water partition coefficient (Wildman–Crippen LogP) is 7.53. The van der Waals surface area contributed by atoms with Gasteiger partial charge in [-0.15, -0.1) is 0 Å². The highest BCUT2D eigenvalue weighted by atomic mass is 16.6. The van der Waals surface area contributed by atoms with Gasteiger partial charge in [-0.3, -0.25) is 33.5 Å². The van der Waals surface area contributed by atoms with Crippen molar-refractivity contribution in [1.82, 2.24) is 20.2 Å². The topological polar surface area (TPSA) is 175 Å². The van der Waals surface area contributed by atoms with Crippen LogP contribution in [0.4, 0.5) is 0 Å². The Morgan fingerprint density at radius 1 is 0.968 bits per heavy atom. The van der Waals surface area contributed by atoms with E-state index in [9.17, 15) is 28.8 Å². The van der Waals surface area contributed by atoms with E-state index < -0.39 is 41.6 Å². The highest BCUT2D eigenvalue weighted by Gasteiger charge is 2.59. The standard InChI is InChI=1S/C49H74N4O9/c1-8-39-40(62-45(57)21-20-41(54)50-7)28-43(61-39)53-29-32(46(58)52-47(53)59)14-19-42(55)51-26-10-13-44(56)60-34-22-24-48(5)33(27-34)15-16-35-37-18-17-36(31(4)12-9-11-30(2)3)49(37,6)25-23-38(35)48/h14-15,19,29-31,34-40,43H,8-13,16-18,20-28H2,1-7H3,(H,50,54)(H,51,55)(H,52,58,59)/b19-14+/t31?,34-,35?,36+,37?,38?,39+,40?,43+,48-,49+/m0/s1. The van der Waals surface area contributed by atoms with Crippen molar-refractivity contribution < 1.29 is 33.4 Å². The van der Waals surface area contributed by atoms with Crippen molar-refractivity contribution in [2.24, 2.45) is 46.3 Å². The fraction of sp³-hybridized carbons (Fsp3) is 0.755. The molecule has 0 spiro atoms. The predicted molar refractivity (Wildman–Crippen MR) is 238 cm³/mol. The summed E-state index contributed by atoms with van der Waals surface area (Å²) in [6, 6.07) is 0. The molecular weight excluding hydrogens is 789 g/mol. The number of fused-ring (bicyclic) bond motifs is 5. The highest BCUT2D eigenvalue weighted by Crippen LogP contribution is 2.67. The summed E-state index contributed by atoms with van der Waals surface area (Å²) in [5.41, 5.74) is 0.833. The zero-order valence-corrected chi connectivity index (χ0v) is 38.4. The summed E-state index contributed by atoms with van der Waals surface area (Å²) in [5.74, 6) is 3.20. The van der Waals surface area contributed by atoms with Crippen molar-refractivity contribution in [2.45, 2.75) is 175 Å². The van der Waals surface area contributed by atoms with Gasteiger partial charge in [-0.25, -0.2) is 4.79 Å². The molecule has 4 fully saturated rings. The minimum absolute atomic E-state index is 0.00328. The van der Waals surface area contributed by atoms with Crippen LogP contribution in [0.25, 0.3) is 6.08 Å². The molecule has 0 radical (unpaired) electrons. The van der Waals surface area contributed by atoms with Gasteiger partial charge in [0.05, 0.1) is 18.1 Å². The van der Waals surface area contributed by atoms with Crippen molar-refractivity contribution in [3.05, 3.63) is 50.3 Å². The van der Waals surface area contributed by atoms with Crippen LogP contribution in [0.5, 0.6) is 0 Å². The normalized spacial score (nSPS) is 32.0. The number of hydrogen-bond donors (Lipinski definition) is 3. The molecule has 1 aromatic heterocycles. The first-order valence-electron chi connectivity index (χ1n) is 23.8. The zero-order valence-electron chi connectivity index (χ0n) is 38.4. The van der Waals surface area contributed by atoms with E-state index in [1.807, 2.05) is 6.92 Å². The summed E-state index contributed by atoms with van der Waals surface area (Å²) in [6.07, 6.45) is 18.9. The number of amides is 2. The molecule has 11 atom stereocenters. The summed E-state index contributed by atoms with van der Waals surface area (Å²) in [6.45, 7) is 14.5. The van der Waals surface area contributed by atoms with Crippen molar-refractivity contribution >= 4 is 29.8 Å². The fourth-order valence-electron chi connectivity index (χ4n) is 12.4. The summed E-state index contributed by atoms with van der Waals surface area (Å²) in [7, 11) is 1.49. The van der Waals surface area contributed by atoms with Gasteiger partial charge in [0.1, 0.15) is 18.4 Å². The molecule has 13 heteroatoms. The van der Waals surface area contributed by atoms with Crippen LogP contribution < -0.4 is 21.9 Å². The number of esters is 2. The van der Waals surface area contributed by atoms with Crippen LogP contribution >= 0.6 is 0 Å². The molecule has 5 aliphatic rings. The molecule has 5 unspecified atom stereocenters. The van der Waals surface area contributed by atoms with Crippen molar-refractivity contribution in [3.8, 4) is 0 Å². The van der Waals surface area contributed by atoms with E-state index in [0.717, 1.165) is 55.3 Å². The van der Waals surface area contributed by atoms with Gasteiger partial charge in [0.25, 0.3) is 5.56 Å². The number of nitrogens with one attached hydrogen (secondary N) is 3. The first-order valence-corrected chi connectivity index (χ1v) is 23.8. The fourth-order valence-corrected chi connectivity index (χ4v) is 12.4. The van der Waals surface area contributed by atoms with Crippen LogP contribution in [0.1, 0.15) is 162 Å². The Hall–Kier alpha value is -4.00. The third-order valence-electron chi connectivity index (χ3n) is 15.8. The second kappa shape index (κ2) is 20.7. The maximum atomic E-state index is 13.0. The van der Waals surface area contributed by atoms with Crippen LogP contribution in [0.2, 0.25) is 0 Å². The Morgan fingerprint density at radius 2 is 1.74 bits per heavy atom. The molecule has 62 heavy (non-hydrogen) atoms. The van der Waals surface area contributed by atoms with E-state index >= 15 is 0 Å². The quantitative estimate of drug-likeness (QED) is 0.0583. The largest absolute Gasteiger partial charge is 0.462 e. The Kier molecular flexibility index (Phi) is 15.8. The van der Waals surface area contributed by atoms with Crippen LogP contribution in [0.3, 0.4) is 0 Å². The second-order valence-electron chi connectivity index (χ2n) is 20.1. The third-order valence-corrected chi connectivity index (χ3v) is 15.8. The van der Waals surface area contributed by atoms with Crippen LogP contribution in [0.15, 0.2) is 33.5 Å². The molecule has 1 saturated heterocycles. The third kappa shape index (κ3) is 10.8. The van der Waals surface area contributed by atoms with E-state index in [0.29, 0.717) is 24.2 Å². The average Bonchev–Trinajstić information content (AvgIpc) is 3.81. The summed E-state index contributed by atoms with van der Waals surface area (Å²) in [5, 5.41) is 5.22. The number of carbonyl (C=O) groups excluding carboxylic acids is 4. The number of ether oxygens (including phenoxy) is 3.